The lowest BCUT2D eigenvalue weighted by Crippen LogP contribution is -2.21. The predicted molar refractivity (Wildman–Crippen MR) is 77.2 cm³/mol. The first-order valence-electron chi connectivity index (χ1n) is 6.51. The third-order valence-corrected chi connectivity index (χ3v) is 4.45. The molecule has 0 radical (unpaired) electrons. The summed E-state index contributed by atoms with van der Waals surface area (Å²) in [5.74, 6) is -0.120. The maximum Gasteiger partial charge on any atom is 0.295 e. The van der Waals surface area contributed by atoms with Gasteiger partial charge in [-0.15, -0.1) is 0 Å². The summed E-state index contributed by atoms with van der Waals surface area (Å²) >= 11 is 3.03. The first kappa shape index (κ1) is 15.2. The fraction of sp³-hybridized carbons (Fsp3) is 0.538. The maximum atomic E-state index is 13.4. The van der Waals surface area contributed by atoms with Crippen LogP contribution in [0.2, 0.25) is 0 Å². The van der Waals surface area contributed by atoms with Gasteiger partial charge in [0.15, 0.2) is 0 Å². The second kappa shape index (κ2) is 6.49. The Balaban J connectivity index is 2.12. The average Bonchev–Trinajstić information content (AvgIpc) is 2.86. The van der Waals surface area contributed by atoms with Crippen LogP contribution in [0.1, 0.15) is 19.3 Å². The summed E-state index contributed by atoms with van der Waals surface area (Å²) in [6, 6.07) is 2.29. The predicted octanol–water partition coefficient (Wildman–Crippen LogP) is 3.32. The Morgan fingerprint density at radius 3 is 2.80 bits per heavy atom. The van der Waals surface area contributed by atoms with E-state index in [1.165, 1.54) is 6.07 Å². The zero-order valence-electron chi connectivity index (χ0n) is 10.8. The van der Waals surface area contributed by atoms with Gasteiger partial charge >= 0.3 is 0 Å². The molecule has 0 aliphatic heterocycles. The highest BCUT2D eigenvalue weighted by molar-refractivity contribution is 9.10. The Labute approximate surface area is 124 Å². The smallest absolute Gasteiger partial charge is 0.295 e. The molecule has 0 amide bonds. The van der Waals surface area contributed by atoms with Crippen LogP contribution in [0.3, 0.4) is 0 Å². The van der Waals surface area contributed by atoms with Gasteiger partial charge < -0.3 is 10.4 Å². The molecule has 1 aromatic rings. The van der Waals surface area contributed by atoms with Crippen molar-refractivity contribution in [3.8, 4) is 0 Å². The molecule has 0 aromatic heterocycles. The molecule has 1 aliphatic carbocycles. The number of aliphatic hydroxyl groups is 1. The molecule has 0 heterocycles. The minimum absolute atomic E-state index is 0.140. The summed E-state index contributed by atoms with van der Waals surface area (Å²) < 4.78 is 13.6. The quantitative estimate of drug-likeness (QED) is 0.633. The van der Waals surface area contributed by atoms with Crippen LogP contribution in [0.15, 0.2) is 16.6 Å². The van der Waals surface area contributed by atoms with Gasteiger partial charge in [-0.3, -0.25) is 10.1 Å². The van der Waals surface area contributed by atoms with Gasteiger partial charge in [0.05, 0.1) is 15.5 Å². The van der Waals surface area contributed by atoms with Gasteiger partial charge in [-0.2, -0.15) is 0 Å². The van der Waals surface area contributed by atoms with E-state index in [2.05, 4.69) is 21.2 Å². The number of nitrogens with one attached hydrogen (secondary N) is 1. The number of hydrogen-bond acceptors (Lipinski definition) is 4. The Morgan fingerprint density at radius 2 is 2.15 bits per heavy atom. The Morgan fingerprint density at radius 1 is 1.45 bits per heavy atom. The molecule has 1 fully saturated rings. The second-order valence-electron chi connectivity index (χ2n) is 5.06. The second-order valence-corrected chi connectivity index (χ2v) is 5.91. The Bertz CT molecular complexity index is 513. The van der Waals surface area contributed by atoms with Crippen molar-refractivity contribution >= 4 is 27.3 Å². The summed E-state index contributed by atoms with van der Waals surface area (Å²) in [6.07, 6.45) is 3.04. The fourth-order valence-corrected chi connectivity index (χ4v) is 3.04. The van der Waals surface area contributed by atoms with Crippen LogP contribution in [-0.2, 0) is 0 Å². The average molecular weight is 347 g/mol. The van der Waals surface area contributed by atoms with Crippen molar-refractivity contribution in [3.63, 3.8) is 0 Å². The molecule has 2 rings (SSSR count). The van der Waals surface area contributed by atoms with E-state index < -0.39 is 10.7 Å². The minimum Gasteiger partial charge on any atom is -0.396 e. The number of nitrogens with zero attached hydrogens (tertiary/aromatic N) is 1. The van der Waals surface area contributed by atoms with E-state index in [-0.39, 0.29) is 22.7 Å². The van der Waals surface area contributed by atoms with Gasteiger partial charge in [0.2, 0.25) is 0 Å². The van der Waals surface area contributed by atoms with E-state index in [9.17, 15) is 19.6 Å². The van der Waals surface area contributed by atoms with E-state index in [1.54, 1.807) is 0 Å². The number of benzene rings is 1. The summed E-state index contributed by atoms with van der Waals surface area (Å²) in [6.45, 7) is 0.686. The van der Waals surface area contributed by atoms with Crippen molar-refractivity contribution < 1.29 is 14.4 Å². The number of hydrogen-bond donors (Lipinski definition) is 2. The molecule has 1 aromatic carbocycles. The third kappa shape index (κ3) is 3.27. The molecule has 1 aliphatic rings. The molecule has 0 bridgehead atoms. The topological polar surface area (TPSA) is 75.4 Å². The van der Waals surface area contributed by atoms with Crippen LogP contribution in [0, 0.1) is 27.8 Å². The van der Waals surface area contributed by atoms with E-state index in [0.717, 1.165) is 25.3 Å². The van der Waals surface area contributed by atoms with Crippen LogP contribution >= 0.6 is 15.9 Å². The maximum absolute atomic E-state index is 13.4. The highest BCUT2D eigenvalue weighted by Crippen LogP contribution is 2.34. The molecule has 1 saturated carbocycles. The van der Waals surface area contributed by atoms with E-state index >= 15 is 0 Å². The summed E-state index contributed by atoms with van der Waals surface area (Å²) in [5, 5.41) is 23.2. The van der Waals surface area contributed by atoms with Crippen molar-refractivity contribution in [2.45, 2.75) is 19.3 Å². The first-order valence-corrected chi connectivity index (χ1v) is 7.30. The monoisotopic (exact) mass is 346 g/mol. The number of nitro groups is 1. The van der Waals surface area contributed by atoms with Crippen LogP contribution < -0.4 is 5.32 Å². The summed E-state index contributed by atoms with van der Waals surface area (Å²) in [7, 11) is 0. The summed E-state index contributed by atoms with van der Waals surface area (Å²) in [5.41, 5.74) is 0.0242. The van der Waals surface area contributed by atoms with Crippen molar-refractivity contribution in [1.29, 1.82) is 0 Å². The third-order valence-electron chi connectivity index (χ3n) is 3.84. The van der Waals surface area contributed by atoms with Crippen molar-refractivity contribution in [2.75, 3.05) is 18.5 Å². The molecule has 7 heteroatoms. The van der Waals surface area contributed by atoms with Crippen molar-refractivity contribution in [2.24, 2.45) is 11.8 Å². The molecular weight excluding hydrogens is 331 g/mol. The van der Waals surface area contributed by atoms with Gasteiger partial charge in [-0.05, 0) is 46.7 Å². The van der Waals surface area contributed by atoms with Crippen LogP contribution in [0.4, 0.5) is 15.8 Å². The molecule has 20 heavy (non-hydrogen) atoms. The lowest BCUT2D eigenvalue weighted by molar-refractivity contribution is -0.384. The number of halogens is 2. The Kier molecular flexibility index (Phi) is 4.93. The molecule has 2 atom stereocenters. The lowest BCUT2D eigenvalue weighted by Gasteiger charge is -2.18. The zero-order chi connectivity index (χ0) is 14.7. The SMILES string of the molecule is O=[N+]([O-])c1cc(F)c(Br)cc1NCC1CCCC1CO. The zero-order valence-corrected chi connectivity index (χ0v) is 12.4. The van der Waals surface area contributed by atoms with Crippen LogP contribution in [0.5, 0.6) is 0 Å². The minimum atomic E-state index is -0.656. The molecule has 2 N–H and O–H groups in total. The molecule has 110 valence electrons. The highest BCUT2D eigenvalue weighted by atomic mass is 79.9. The van der Waals surface area contributed by atoms with E-state index in [0.29, 0.717) is 18.2 Å². The van der Waals surface area contributed by atoms with Gasteiger partial charge in [0.25, 0.3) is 5.69 Å². The van der Waals surface area contributed by atoms with E-state index in [4.69, 9.17) is 0 Å². The van der Waals surface area contributed by atoms with Crippen molar-refractivity contribution in [3.05, 3.63) is 32.5 Å². The van der Waals surface area contributed by atoms with Gasteiger partial charge in [-0.25, -0.2) is 4.39 Å². The number of anilines is 1. The highest BCUT2D eigenvalue weighted by Gasteiger charge is 2.27. The van der Waals surface area contributed by atoms with Gasteiger partial charge in [0.1, 0.15) is 11.5 Å². The standard InChI is InChI=1S/C13H16BrFN2O3/c14-10-4-12(13(17(19)20)5-11(10)15)16-6-8-2-1-3-9(8)7-18/h4-5,8-9,16,18H,1-3,6-7H2. The first-order chi connectivity index (χ1) is 9.52. The van der Waals surface area contributed by atoms with Crippen LogP contribution in [-0.4, -0.2) is 23.2 Å². The van der Waals surface area contributed by atoms with Gasteiger partial charge in [-0.1, -0.05) is 6.42 Å². The number of aliphatic hydroxyl groups excluding tert-OH is 1. The van der Waals surface area contributed by atoms with Gasteiger partial charge in [0, 0.05) is 13.2 Å². The number of nitro benzene ring substituents is 1. The summed E-state index contributed by atoms with van der Waals surface area (Å²) in [4.78, 5) is 10.3. The molecule has 0 saturated heterocycles. The Hall–Kier alpha value is -1.21. The molecule has 0 spiro atoms. The molecule has 5 nitrogen and oxygen atoms in total. The normalized spacial score (nSPS) is 21.9. The van der Waals surface area contributed by atoms with E-state index in [1.807, 2.05) is 0 Å². The molecular formula is C13H16BrFN2O3. The van der Waals surface area contributed by atoms with Crippen LogP contribution in [0.25, 0.3) is 0 Å². The van der Waals surface area contributed by atoms with Crippen molar-refractivity contribution in [1.82, 2.24) is 0 Å². The largest absolute Gasteiger partial charge is 0.396 e. The number of rotatable bonds is 5. The fourth-order valence-electron chi connectivity index (χ4n) is 2.69. The lowest BCUT2D eigenvalue weighted by atomic mass is 9.97. The molecule has 2 unspecified atom stereocenters.